The van der Waals surface area contributed by atoms with Crippen molar-refractivity contribution in [2.75, 3.05) is 12.3 Å². The summed E-state index contributed by atoms with van der Waals surface area (Å²) in [7, 11) is -2.63. The third-order valence-electron chi connectivity index (χ3n) is 3.33. The molecule has 1 saturated heterocycles. The van der Waals surface area contributed by atoms with Crippen LogP contribution in [-0.4, -0.2) is 32.2 Å². The van der Waals surface area contributed by atoms with Crippen LogP contribution in [0.1, 0.15) is 19.1 Å². The van der Waals surface area contributed by atoms with E-state index in [4.69, 9.17) is 15.0 Å². The summed E-state index contributed by atoms with van der Waals surface area (Å²) in [5.41, 5.74) is 6.81. The van der Waals surface area contributed by atoms with Crippen molar-refractivity contribution in [2.45, 2.75) is 25.2 Å². The zero-order valence-electron chi connectivity index (χ0n) is 15.4. The smallest absolute Gasteiger partial charge is 0.756 e. The molecule has 0 aromatic carbocycles. The maximum absolute atomic E-state index is 11.1. The maximum Gasteiger partial charge on any atom is 1.00 e. The van der Waals surface area contributed by atoms with Crippen LogP contribution in [0, 0.1) is 0 Å². The molecule has 16 heteroatoms. The minimum atomic E-state index is -4.27. The van der Waals surface area contributed by atoms with Gasteiger partial charge in [0.15, 0.2) is 11.5 Å². The van der Waals surface area contributed by atoms with Gasteiger partial charge >= 0.3 is 75.4 Å². The monoisotopic (exact) mass is 374 g/mol. The third kappa shape index (κ3) is 6.94. The summed E-state index contributed by atoms with van der Waals surface area (Å²) in [6, 6.07) is 0. The van der Waals surface area contributed by atoms with Gasteiger partial charge in [-0.3, -0.25) is 9.13 Å². The molecule has 0 bridgehead atoms. The van der Waals surface area contributed by atoms with Gasteiger partial charge in [-0.05, 0) is 12.8 Å². The number of hydrogen-bond donors (Lipinski definition) is 1. The molecule has 1 aliphatic rings. The Bertz CT molecular complexity index is 741. The summed E-state index contributed by atoms with van der Waals surface area (Å²) in [4.78, 5) is 23.3. The third-order valence-corrected chi connectivity index (χ3v) is 4.83. The van der Waals surface area contributed by atoms with Crippen LogP contribution in [0.25, 0.3) is 11.2 Å². The van der Waals surface area contributed by atoms with Crippen LogP contribution in [0.4, 0.5) is 5.82 Å². The maximum atomic E-state index is 11.1. The first-order chi connectivity index (χ1) is 10.5. The van der Waals surface area contributed by atoms with Gasteiger partial charge in [-0.1, -0.05) is 0 Å². The van der Waals surface area contributed by atoms with E-state index in [-0.39, 0.29) is 94.4 Å². The SMILES string of the molecule is Nc1ncnc2c1ncn2C1CCC(COP(=O)([O-])OP)O1.[Li+].[Li+].[Li+].[Li+]. The van der Waals surface area contributed by atoms with Gasteiger partial charge in [0.25, 0.3) is 7.82 Å². The van der Waals surface area contributed by atoms with E-state index < -0.39 is 7.82 Å². The number of phosphoric ester groups is 1. The van der Waals surface area contributed by atoms with Crippen LogP contribution in [0.15, 0.2) is 12.7 Å². The molecule has 3 rings (SSSR count). The molecule has 0 aliphatic carbocycles. The van der Waals surface area contributed by atoms with Gasteiger partial charge in [-0.15, -0.1) is 0 Å². The van der Waals surface area contributed by atoms with Gasteiger partial charge in [-0.25, -0.2) is 15.0 Å². The number of nitrogens with two attached hydrogens (primary N) is 1. The standard InChI is InChI=1S/C10H15N5O5P2.4Li/c11-9-8-10(13-4-12-9)15(5-14-8)7-2-1-6(19-7)3-18-22(16,17)20-21;;;;/h4-7H,1-3,21H2,(H,16,17)(H2,11,12,13);;;;/q;4*+1/p-1. The zero-order chi connectivity index (χ0) is 15.7. The topological polar surface area (TPSA) is 137 Å². The van der Waals surface area contributed by atoms with Crippen LogP contribution in [0.5, 0.6) is 0 Å². The molecule has 0 spiro atoms. The Morgan fingerprint density at radius 3 is 2.65 bits per heavy atom. The molecule has 2 N–H and O–H groups in total. The van der Waals surface area contributed by atoms with Crippen molar-refractivity contribution in [1.82, 2.24) is 19.5 Å². The van der Waals surface area contributed by atoms with E-state index in [1.54, 1.807) is 20.4 Å². The van der Waals surface area contributed by atoms with E-state index in [0.29, 0.717) is 29.8 Å². The van der Waals surface area contributed by atoms with E-state index >= 15 is 0 Å². The van der Waals surface area contributed by atoms with Gasteiger partial charge in [-0.2, -0.15) is 0 Å². The predicted octanol–water partition coefficient (Wildman–Crippen LogP) is -11.6. The molecule has 0 radical (unpaired) electrons. The Kier molecular flexibility index (Phi) is 14.4. The van der Waals surface area contributed by atoms with E-state index in [2.05, 4.69) is 19.3 Å². The summed E-state index contributed by atoms with van der Waals surface area (Å²) < 4.78 is 27.5. The number of aromatic nitrogens is 4. The summed E-state index contributed by atoms with van der Waals surface area (Å²) >= 11 is 0. The fourth-order valence-electron chi connectivity index (χ4n) is 2.30. The molecule has 2 aromatic heterocycles. The zero-order valence-corrected chi connectivity index (χ0v) is 17.4. The molecule has 0 amide bonds. The minimum Gasteiger partial charge on any atom is -0.756 e. The molecule has 1 aliphatic heterocycles. The van der Waals surface area contributed by atoms with Gasteiger partial charge in [0.2, 0.25) is 0 Å². The Labute approximate surface area is 201 Å². The number of nitrogens with zero attached hydrogens (tertiary/aromatic N) is 4. The number of ether oxygens (including phenoxy) is 1. The quantitative estimate of drug-likeness (QED) is 0.400. The van der Waals surface area contributed by atoms with E-state index in [1.807, 2.05) is 0 Å². The molecule has 4 atom stereocenters. The van der Waals surface area contributed by atoms with Crippen molar-refractivity contribution in [3.05, 3.63) is 12.7 Å². The molecular formula is C10H14Li4N5O5P2+3. The fraction of sp³-hybridized carbons (Fsp3) is 0.500. The average molecular weight is 374 g/mol. The van der Waals surface area contributed by atoms with Crippen molar-refractivity contribution in [3.8, 4) is 0 Å². The average Bonchev–Trinajstić information content (AvgIpc) is 3.12. The van der Waals surface area contributed by atoms with Gasteiger partial charge in [0.05, 0.1) is 19.0 Å². The number of rotatable bonds is 5. The predicted molar refractivity (Wildman–Crippen MR) is 77.2 cm³/mol. The second kappa shape index (κ2) is 12.7. The molecule has 3 heterocycles. The Hall–Kier alpha value is 1.24. The normalized spacial score (nSPS) is 20.8. The molecule has 0 saturated carbocycles. The molecular weight excluding hydrogens is 360 g/mol. The Morgan fingerprint density at radius 2 is 2.00 bits per heavy atom. The first kappa shape index (κ1) is 29.4. The second-order valence-electron chi connectivity index (χ2n) is 4.72. The summed E-state index contributed by atoms with van der Waals surface area (Å²) in [6.45, 7) is -0.102. The van der Waals surface area contributed by atoms with Crippen molar-refractivity contribution in [2.24, 2.45) is 0 Å². The number of fused-ring (bicyclic) bond motifs is 1. The van der Waals surface area contributed by atoms with Gasteiger partial charge < -0.3 is 24.2 Å². The molecule has 1 fully saturated rings. The number of anilines is 1. The molecule has 120 valence electrons. The van der Waals surface area contributed by atoms with Gasteiger partial charge in [0, 0.05) is 9.47 Å². The van der Waals surface area contributed by atoms with Crippen LogP contribution in [0.2, 0.25) is 0 Å². The summed E-state index contributed by atoms with van der Waals surface area (Å²) in [6.07, 6.45) is 3.58. The van der Waals surface area contributed by atoms with Crippen molar-refractivity contribution < 1.29 is 98.5 Å². The van der Waals surface area contributed by atoms with Gasteiger partial charge in [0.1, 0.15) is 18.1 Å². The van der Waals surface area contributed by atoms with E-state index in [9.17, 15) is 9.46 Å². The number of nitrogen functional groups attached to an aromatic ring is 1. The fourth-order valence-corrected chi connectivity index (χ4v) is 2.89. The first-order valence-electron chi connectivity index (χ1n) is 6.42. The Balaban J connectivity index is 0. The van der Waals surface area contributed by atoms with E-state index in [0.717, 1.165) is 0 Å². The van der Waals surface area contributed by atoms with Crippen molar-refractivity contribution in [1.29, 1.82) is 0 Å². The number of phosphoric acid groups is 1. The molecule has 26 heavy (non-hydrogen) atoms. The van der Waals surface area contributed by atoms with Crippen molar-refractivity contribution >= 4 is 34.3 Å². The van der Waals surface area contributed by atoms with Crippen LogP contribution in [0.3, 0.4) is 0 Å². The Morgan fingerprint density at radius 1 is 1.31 bits per heavy atom. The van der Waals surface area contributed by atoms with Crippen molar-refractivity contribution in [3.63, 3.8) is 0 Å². The van der Waals surface area contributed by atoms with Crippen LogP contribution >= 0.6 is 17.3 Å². The molecule has 4 unspecified atom stereocenters. The number of imidazole rings is 1. The second-order valence-corrected chi connectivity index (χ2v) is 6.72. The number of hydrogen-bond acceptors (Lipinski definition) is 9. The summed E-state index contributed by atoms with van der Waals surface area (Å²) in [5, 5.41) is 0. The van der Waals surface area contributed by atoms with Crippen LogP contribution < -0.4 is 86.1 Å². The van der Waals surface area contributed by atoms with Crippen LogP contribution in [-0.2, 0) is 18.1 Å². The van der Waals surface area contributed by atoms with E-state index in [1.165, 1.54) is 6.33 Å². The molecule has 2 aromatic rings. The summed E-state index contributed by atoms with van der Waals surface area (Å²) in [5.74, 6) is 0.298. The molecule has 10 nitrogen and oxygen atoms in total. The first-order valence-corrected chi connectivity index (χ1v) is 8.36. The largest absolute Gasteiger partial charge is 1.00 e. The minimum absolute atomic E-state index is 0.